The fourth-order valence-corrected chi connectivity index (χ4v) is 3.96. The van der Waals surface area contributed by atoms with E-state index >= 15 is 0 Å². The molecule has 0 bridgehead atoms. The van der Waals surface area contributed by atoms with Gasteiger partial charge in [0.2, 0.25) is 0 Å². The molecule has 0 aromatic heterocycles. The minimum Gasteiger partial charge on any atom is -0.507 e. The van der Waals surface area contributed by atoms with Crippen LogP contribution >= 0.6 is 0 Å². The Labute approximate surface area is 194 Å². The zero-order valence-electron chi connectivity index (χ0n) is 19.8. The van der Waals surface area contributed by atoms with Crippen LogP contribution in [0.4, 0.5) is 0 Å². The summed E-state index contributed by atoms with van der Waals surface area (Å²) in [6.45, 7) is 2.68. The fourth-order valence-electron chi connectivity index (χ4n) is 3.96. The number of methoxy groups -OCH3 is 3. The molecule has 3 rings (SSSR count). The number of ether oxygens (including phenoxy) is 3. The normalized spacial score (nSPS) is 17.5. The highest BCUT2D eigenvalue weighted by Gasteiger charge is 2.46. The Kier molecular flexibility index (Phi) is 7.28. The van der Waals surface area contributed by atoms with E-state index < -0.39 is 17.7 Å². The lowest BCUT2D eigenvalue weighted by molar-refractivity contribution is -0.140. The molecule has 0 saturated carbocycles. The molecule has 8 heteroatoms. The SMILES string of the molecule is COc1ccc(/C(O)=C2\C(=O)C(=O)N(CCN(C)C)[C@H]2c2ccc(OC)c(OC)c2)c(C)c1. The van der Waals surface area contributed by atoms with Crippen LogP contribution in [-0.2, 0) is 9.59 Å². The van der Waals surface area contributed by atoms with Gasteiger partial charge in [0.25, 0.3) is 11.7 Å². The van der Waals surface area contributed by atoms with Gasteiger partial charge in [-0.1, -0.05) is 6.07 Å². The van der Waals surface area contributed by atoms with E-state index in [1.807, 2.05) is 25.9 Å². The first-order chi connectivity index (χ1) is 15.7. The fraction of sp³-hybridized carbons (Fsp3) is 0.360. The van der Waals surface area contributed by atoms with E-state index in [4.69, 9.17) is 14.2 Å². The summed E-state index contributed by atoms with van der Waals surface area (Å²) in [5, 5.41) is 11.3. The lowest BCUT2D eigenvalue weighted by Gasteiger charge is -2.27. The number of ketones is 1. The van der Waals surface area contributed by atoms with Crippen LogP contribution in [0.2, 0.25) is 0 Å². The maximum absolute atomic E-state index is 13.2. The summed E-state index contributed by atoms with van der Waals surface area (Å²) in [6, 6.07) is 9.60. The van der Waals surface area contributed by atoms with Crippen molar-refractivity contribution in [1.82, 2.24) is 9.80 Å². The zero-order valence-corrected chi connectivity index (χ0v) is 19.8. The van der Waals surface area contributed by atoms with Crippen LogP contribution < -0.4 is 14.2 Å². The van der Waals surface area contributed by atoms with Crippen molar-refractivity contribution in [3.05, 3.63) is 58.7 Å². The van der Waals surface area contributed by atoms with E-state index in [1.165, 1.54) is 19.1 Å². The molecule has 1 saturated heterocycles. The van der Waals surface area contributed by atoms with Crippen LogP contribution in [0.25, 0.3) is 5.76 Å². The van der Waals surface area contributed by atoms with Crippen molar-refractivity contribution < 1.29 is 28.9 Å². The van der Waals surface area contributed by atoms with Gasteiger partial charge >= 0.3 is 0 Å². The third-order valence-electron chi connectivity index (χ3n) is 5.74. The van der Waals surface area contributed by atoms with E-state index in [-0.39, 0.29) is 11.3 Å². The predicted octanol–water partition coefficient (Wildman–Crippen LogP) is 3.00. The van der Waals surface area contributed by atoms with Crippen LogP contribution in [0.3, 0.4) is 0 Å². The minimum atomic E-state index is -0.772. The quantitative estimate of drug-likeness (QED) is 0.373. The molecule has 2 aromatic carbocycles. The number of likely N-dealkylation sites (N-methyl/N-ethyl adjacent to an activating group) is 1. The molecule has 0 aliphatic carbocycles. The van der Waals surface area contributed by atoms with E-state index in [1.54, 1.807) is 43.5 Å². The van der Waals surface area contributed by atoms with Gasteiger partial charge in [-0.15, -0.1) is 0 Å². The van der Waals surface area contributed by atoms with Gasteiger partial charge in [0.05, 0.1) is 32.9 Å². The highest BCUT2D eigenvalue weighted by atomic mass is 16.5. The number of carbonyl (C=O) groups is 2. The number of hydrogen-bond donors (Lipinski definition) is 1. The molecule has 0 spiro atoms. The standard InChI is InChI=1S/C25H30N2O6/c1-15-13-17(31-4)8-9-18(15)23(28)21-22(16-7-10-19(32-5)20(14-16)33-6)27(12-11-26(2)3)25(30)24(21)29/h7-10,13-14,22,28H,11-12H2,1-6H3/b23-21+/t22-/m0/s1. The maximum atomic E-state index is 13.2. The molecule has 1 aliphatic heterocycles. The van der Waals surface area contributed by atoms with E-state index in [0.717, 1.165) is 5.56 Å². The Morgan fingerprint density at radius 2 is 1.70 bits per heavy atom. The van der Waals surface area contributed by atoms with Crippen LogP contribution in [0.15, 0.2) is 42.0 Å². The number of likely N-dealkylation sites (tertiary alicyclic amines) is 1. The smallest absolute Gasteiger partial charge is 0.295 e. The van der Waals surface area contributed by atoms with Crippen molar-refractivity contribution in [3.8, 4) is 17.2 Å². The molecule has 1 fully saturated rings. The Balaban J connectivity index is 2.21. The van der Waals surface area contributed by atoms with E-state index in [0.29, 0.717) is 41.5 Å². The molecule has 1 heterocycles. The molecule has 0 unspecified atom stereocenters. The summed E-state index contributed by atoms with van der Waals surface area (Å²) in [7, 11) is 8.39. The van der Waals surface area contributed by atoms with Crippen LogP contribution in [0.5, 0.6) is 17.2 Å². The molecular weight excluding hydrogens is 424 g/mol. The number of amides is 1. The van der Waals surface area contributed by atoms with Gasteiger partial charge in [0.15, 0.2) is 11.5 Å². The average molecular weight is 455 g/mol. The summed E-state index contributed by atoms with van der Waals surface area (Å²) in [5.41, 5.74) is 1.86. The second-order valence-electron chi connectivity index (χ2n) is 8.09. The number of nitrogens with zero attached hydrogens (tertiary/aromatic N) is 2. The molecule has 1 aliphatic rings. The summed E-state index contributed by atoms with van der Waals surface area (Å²) in [4.78, 5) is 29.6. The van der Waals surface area contributed by atoms with Crippen molar-refractivity contribution in [2.75, 3.05) is 48.5 Å². The van der Waals surface area contributed by atoms with Crippen molar-refractivity contribution in [1.29, 1.82) is 0 Å². The van der Waals surface area contributed by atoms with Gasteiger partial charge in [-0.2, -0.15) is 0 Å². The zero-order chi connectivity index (χ0) is 24.3. The minimum absolute atomic E-state index is 0.0410. The second-order valence-corrected chi connectivity index (χ2v) is 8.09. The number of carbonyl (C=O) groups excluding carboxylic acids is 2. The summed E-state index contributed by atoms with van der Waals surface area (Å²) >= 11 is 0. The van der Waals surface area contributed by atoms with Crippen molar-refractivity contribution in [2.24, 2.45) is 0 Å². The molecule has 1 amide bonds. The number of rotatable bonds is 8. The summed E-state index contributed by atoms with van der Waals surface area (Å²) in [5.74, 6) is 0.0319. The Morgan fingerprint density at radius 1 is 1.00 bits per heavy atom. The Morgan fingerprint density at radius 3 is 2.27 bits per heavy atom. The molecule has 8 nitrogen and oxygen atoms in total. The number of aliphatic hydroxyl groups is 1. The lowest BCUT2D eigenvalue weighted by atomic mass is 9.93. The van der Waals surface area contributed by atoms with Gasteiger partial charge < -0.3 is 29.1 Å². The van der Waals surface area contributed by atoms with Gasteiger partial charge in [-0.3, -0.25) is 9.59 Å². The van der Waals surface area contributed by atoms with Gasteiger partial charge in [0, 0.05) is 18.7 Å². The van der Waals surface area contributed by atoms with Crippen molar-refractivity contribution in [2.45, 2.75) is 13.0 Å². The Bertz CT molecular complexity index is 1090. The largest absolute Gasteiger partial charge is 0.507 e. The summed E-state index contributed by atoms with van der Waals surface area (Å²) < 4.78 is 16.0. The molecule has 176 valence electrons. The summed E-state index contributed by atoms with van der Waals surface area (Å²) in [6.07, 6.45) is 0. The molecule has 2 aromatic rings. The maximum Gasteiger partial charge on any atom is 0.295 e. The number of aliphatic hydroxyl groups excluding tert-OH is 1. The number of benzene rings is 2. The highest BCUT2D eigenvalue weighted by Crippen LogP contribution is 2.42. The average Bonchev–Trinajstić information content (AvgIpc) is 3.06. The highest BCUT2D eigenvalue weighted by molar-refractivity contribution is 6.46. The molecular formula is C25H30N2O6. The van der Waals surface area contributed by atoms with Crippen molar-refractivity contribution in [3.63, 3.8) is 0 Å². The molecule has 1 N–H and O–H groups in total. The third-order valence-corrected chi connectivity index (χ3v) is 5.74. The first-order valence-corrected chi connectivity index (χ1v) is 10.5. The first-order valence-electron chi connectivity index (χ1n) is 10.5. The van der Waals surface area contributed by atoms with Gasteiger partial charge in [-0.25, -0.2) is 0 Å². The van der Waals surface area contributed by atoms with Gasteiger partial charge in [-0.05, 0) is 62.5 Å². The lowest BCUT2D eigenvalue weighted by Crippen LogP contribution is -2.35. The van der Waals surface area contributed by atoms with Crippen LogP contribution in [0, 0.1) is 6.92 Å². The molecule has 0 radical (unpaired) electrons. The monoisotopic (exact) mass is 454 g/mol. The topological polar surface area (TPSA) is 88.5 Å². The van der Waals surface area contributed by atoms with Crippen molar-refractivity contribution >= 4 is 17.4 Å². The van der Waals surface area contributed by atoms with E-state index in [9.17, 15) is 14.7 Å². The number of aryl methyl sites for hydroxylation is 1. The Hall–Kier alpha value is -3.52. The third kappa shape index (κ3) is 4.66. The first kappa shape index (κ1) is 24.1. The predicted molar refractivity (Wildman–Crippen MR) is 125 cm³/mol. The van der Waals surface area contributed by atoms with Gasteiger partial charge in [0.1, 0.15) is 11.5 Å². The van der Waals surface area contributed by atoms with Crippen LogP contribution in [0.1, 0.15) is 22.7 Å². The number of Topliss-reactive ketones (excluding diaryl/α,β-unsaturated/α-hetero) is 1. The molecule has 33 heavy (non-hydrogen) atoms. The van der Waals surface area contributed by atoms with Crippen LogP contribution in [-0.4, -0.2) is 75.1 Å². The second kappa shape index (κ2) is 9.95. The van der Waals surface area contributed by atoms with E-state index in [2.05, 4.69) is 0 Å². The number of hydrogen-bond acceptors (Lipinski definition) is 7. The molecule has 1 atom stereocenters.